The number of rotatable bonds is 5. The number of methoxy groups -OCH3 is 1. The van der Waals surface area contributed by atoms with Gasteiger partial charge in [0.25, 0.3) is 10.0 Å². The largest absolute Gasteiger partial charge is 0.490 e. The molecule has 1 N–H and O–H groups in total. The third-order valence-corrected chi connectivity index (χ3v) is 4.68. The minimum atomic E-state index is -4.38. The predicted octanol–water partition coefficient (Wildman–Crippen LogP) is 1.83. The van der Waals surface area contributed by atoms with E-state index in [1.807, 2.05) is 4.72 Å². The summed E-state index contributed by atoms with van der Waals surface area (Å²) >= 11 is 0. The lowest BCUT2D eigenvalue weighted by atomic mass is 10.3. The Labute approximate surface area is 142 Å². The first kappa shape index (κ1) is 17.2. The highest BCUT2D eigenvalue weighted by atomic mass is 32.2. The first-order valence-corrected chi connectivity index (χ1v) is 8.33. The van der Waals surface area contributed by atoms with Crippen molar-refractivity contribution in [3.63, 3.8) is 0 Å². The normalized spacial score (nSPS) is 22.0. The van der Waals surface area contributed by atoms with E-state index < -0.39 is 37.0 Å². The van der Waals surface area contributed by atoms with Crippen LogP contribution >= 0.6 is 0 Å². The van der Waals surface area contributed by atoms with Crippen LogP contribution in [0.25, 0.3) is 0 Å². The van der Waals surface area contributed by atoms with Crippen LogP contribution < -0.4 is 4.72 Å². The van der Waals surface area contributed by atoms with E-state index in [0.29, 0.717) is 5.76 Å². The van der Waals surface area contributed by atoms with Crippen LogP contribution in [-0.2, 0) is 19.6 Å². The molecule has 0 saturated carbocycles. The molecular weight excluding hydrogens is 358 g/mol. The van der Waals surface area contributed by atoms with Crippen molar-refractivity contribution in [3.05, 3.63) is 53.0 Å². The Balaban J connectivity index is 2.01. The van der Waals surface area contributed by atoms with Gasteiger partial charge in [0.15, 0.2) is 18.2 Å². The van der Waals surface area contributed by atoms with Gasteiger partial charge in [0.2, 0.25) is 5.03 Å². The molecule has 0 fully saturated rings. The number of sulfonamides is 1. The Hall–Kier alpha value is -2.63. The highest BCUT2D eigenvalue weighted by molar-refractivity contribution is 7.96. The number of aliphatic imine (C=N–C) groups is 2. The second kappa shape index (κ2) is 6.02. The van der Waals surface area contributed by atoms with Crippen LogP contribution in [0, 0.1) is 11.6 Å². The van der Waals surface area contributed by atoms with E-state index in [1.54, 1.807) is 0 Å². The molecule has 0 spiro atoms. The summed E-state index contributed by atoms with van der Waals surface area (Å²) in [5, 5.41) is -0.502. The summed E-state index contributed by atoms with van der Waals surface area (Å²) in [4.78, 5) is 13.1. The summed E-state index contributed by atoms with van der Waals surface area (Å²) in [6, 6.07) is 2.98. The van der Waals surface area contributed by atoms with Crippen LogP contribution in [0.1, 0.15) is 0 Å². The Morgan fingerprint density at radius 1 is 1.16 bits per heavy atom. The van der Waals surface area contributed by atoms with Gasteiger partial charge in [0.05, 0.1) is 20.4 Å². The molecule has 1 atom stereocenters. The quantitative estimate of drug-likeness (QED) is 0.800. The van der Waals surface area contributed by atoms with Gasteiger partial charge in [-0.15, -0.1) is 0 Å². The molecular formula is C14H13F2N4O4S+. The third kappa shape index (κ3) is 2.92. The fourth-order valence-corrected chi connectivity index (χ4v) is 3.25. The molecule has 0 bridgehead atoms. The van der Waals surface area contributed by atoms with Crippen LogP contribution in [0.4, 0.5) is 14.5 Å². The van der Waals surface area contributed by atoms with Gasteiger partial charge in [-0.25, -0.2) is 8.78 Å². The van der Waals surface area contributed by atoms with Crippen LogP contribution in [0.5, 0.6) is 0 Å². The summed E-state index contributed by atoms with van der Waals surface area (Å²) in [6.45, 7) is 0. The zero-order valence-corrected chi connectivity index (χ0v) is 13.9. The molecule has 2 heterocycles. The first-order chi connectivity index (χ1) is 11.8. The number of halogens is 2. The summed E-state index contributed by atoms with van der Waals surface area (Å²) in [5.41, 5.74) is -0.797. The van der Waals surface area contributed by atoms with Crippen molar-refractivity contribution in [2.24, 2.45) is 9.98 Å². The van der Waals surface area contributed by atoms with E-state index in [0.717, 1.165) is 24.4 Å². The maximum Gasteiger partial charge on any atom is 0.373 e. The van der Waals surface area contributed by atoms with Crippen molar-refractivity contribution in [2.75, 3.05) is 18.9 Å². The average molecular weight is 371 g/mol. The number of benzene rings is 1. The number of nitrogens with one attached hydrogen (secondary N) is 1. The number of ether oxygens (including phenoxy) is 1. The zero-order chi connectivity index (χ0) is 18.2. The molecule has 1 aromatic carbocycles. The minimum absolute atomic E-state index is 0.00215. The molecule has 0 aliphatic carbocycles. The number of fused-ring (bicyclic) bond motifs is 1. The molecule has 11 heteroatoms. The van der Waals surface area contributed by atoms with Gasteiger partial charge in [0, 0.05) is 0 Å². The average Bonchev–Trinajstić information content (AvgIpc) is 2.98. The van der Waals surface area contributed by atoms with E-state index in [1.165, 1.54) is 26.6 Å². The van der Waals surface area contributed by atoms with Crippen molar-refractivity contribution in [1.82, 2.24) is 0 Å². The highest BCUT2D eigenvalue weighted by Gasteiger charge is 2.45. The van der Waals surface area contributed by atoms with Crippen molar-refractivity contribution in [1.29, 1.82) is 0 Å². The standard InChI is InChI=1S/C14H13F2N4O4S/c1-23-9-6-17-14-18-12(8-20(14,7-9)24-2)25(21,22)19-13-10(15)4-3-5-11(13)16/h3-8,19H,1-2H3/q+1. The second-order valence-electron chi connectivity index (χ2n) is 4.97. The molecule has 0 radical (unpaired) electrons. The van der Waals surface area contributed by atoms with Crippen LogP contribution in [0.2, 0.25) is 0 Å². The molecule has 0 aromatic heterocycles. The number of para-hydroxylation sites is 1. The number of hydroxylamine groups is 3. The lowest BCUT2D eigenvalue weighted by Gasteiger charge is -2.22. The molecule has 1 unspecified atom stereocenters. The van der Waals surface area contributed by atoms with E-state index in [4.69, 9.17) is 9.57 Å². The number of hydrogen-bond donors (Lipinski definition) is 1. The van der Waals surface area contributed by atoms with E-state index >= 15 is 0 Å². The number of hydrogen-bond acceptors (Lipinski definition) is 6. The van der Waals surface area contributed by atoms with Crippen LogP contribution in [0.15, 0.2) is 51.4 Å². The van der Waals surface area contributed by atoms with Gasteiger partial charge in [-0.1, -0.05) is 10.7 Å². The monoisotopic (exact) mass is 371 g/mol. The highest BCUT2D eigenvalue weighted by Crippen LogP contribution is 2.31. The molecule has 132 valence electrons. The molecule has 0 saturated heterocycles. The fraction of sp³-hybridized carbons (Fsp3) is 0.143. The van der Waals surface area contributed by atoms with Gasteiger partial charge in [-0.2, -0.15) is 23.2 Å². The molecule has 2 aliphatic heterocycles. The summed E-state index contributed by atoms with van der Waals surface area (Å²) in [5.74, 6) is -1.79. The Kier molecular flexibility index (Phi) is 4.14. The van der Waals surface area contributed by atoms with Gasteiger partial charge in [0.1, 0.15) is 17.3 Å². The lowest BCUT2D eigenvalue weighted by molar-refractivity contribution is -0.947. The number of quaternary nitrogens is 1. The SMILES string of the molecule is COC1=C[N+]2(OC)C=C(S(=O)(=O)Nc3c(F)cccc3F)N=C2N=C1. The zero-order valence-electron chi connectivity index (χ0n) is 13.1. The minimum Gasteiger partial charge on any atom is -0.490 e. The van der Waals surface area contributed by atoms with Crippen molar-refractivity contribution in [2.45, 2.75) is 0 Å². The summed E-state index contributed by atoms with van der Waals surface area (Å²) in [6.07, 6.45) is 3.88. The van der Waals surface area contributed by atoms with E-state index in [2.05, 4.69) is 9.98 Å². The maximum atomic E-state index is 13.7. The molecule has 0 amide bonds. The Morgan fingerprint density at radius 3 is 2.44 bits per heavy atom. The number of guanidine groups is 1. The molecule has 1 aromatic rings. The summed E-state index contributed by atoms with van der Waals surface area (Å²) in [7, 11) is -1.66. The Morgan fingerprint density at radius 2 is 1.84 bits per heavy atom. The fourth-order valence-electron chi connectivity index (χ4n) is 2.19. The number of anilines is 1. The topological polar surface area (TPSA) is 89.3 Å². The molecule has 3 rings (SSSR count). The van der Waals surface area contributed by atoms with Gasteiger partial charge in [-0.3, -0.25) is 4.72 Å². The molecule has 2 aliphatic rings. The van der Waals surface area contributed by atoms with Crippen molar-refractivity contribution in [3.8, 4) is 0 Å². The van der Waals surface area contributed by atoms with Crippen molar-refractivity contribution < 1.29 is 31.4 Å². The first-order valence-electron chi connectivity index (χ1n) is 6.85. The van der Waals surface area contributed by atoms with Gasteiger partial charge < -0.3 is 4.74 Å². The maximum absolute atomic E-state index is 13.7. The molecule has 8 nitrogen and oxygen atoms in total. The third-order valence-electron chi connectivity index (χ3n) is 3.46. The van der Waals surface area contributed by atoms with Gasteiger partial charge >= 0.3 is 5.96 Å². The van der Waals surface area contributed by atoms with E-state index in [-0.39, 0.29) is 5.96 Å². The Bertz CT molecular complexity index is 935. The lowest BCUT2D eigenvalue weighted by Crippen LogP contribution is -2.41. The van der Waals surface area contributed by atoms with Gasteiger partial charge in [-0.05, 0) is 12.1 Å². The molecule has 25 heavy (non-hydrogen) atoms. The smallest absolute Gasteiger partial charge is 0.373 e. The van der Waals surface area contributed by atoms with Crippen LogP contribution in [-0.4, -0.2) is 39.5 Å². The number of nitrogens with zero attached hydrogens (tertiary/aromatic N) is 3. The van der Waals surface area contributed by atoms with Crippen LogP contribution in [0.3, 0.4) is 0 Å². The second-order valence-corrected chi connectivity index (χ2v) is 6.60. The van der Waals surface area contributed by atoms with Crippen molar-refractivity contribution >= 4 is 27.9 Å². The number of allylic oxidation sites excluding steroid dienone is 1. The summed E-state index contributed by atoms with van der Waals surface area (Å²) < 4.78 is 58.7. The van der Waals surface area contributed by atoms with E-state index in [9.17, 15) is 17.2 Å². The predicted molar refractivity (Wildman–Crippen MR) is 85.3 cm³/mol.